The quantitative estimate of drug-likeness (QED) is 0.683. The number of ether oxygens (including phenoxy) is 1. The highest BCUT2D eigenvalue weighted by Gasteiger charge is 2.31. The monoisotopic (exact) mass is 302 g/mol. The summed E-state index contributed by atoms with van der Waals surface area (Å²) in [4.78, 5) is 2.57. The molecule has 21 heavy (non-hydrogen) atoms. The number of hydrogen-bond acceptors (Lipinski definition) is 5. The van der Waals surface area contributed by atoms with E-state index in [0.717, 1.165) is 38.5 Å². The molecule has 5 nitrogen and oxygen atoms in total. The van der Waals surface area contributed by atoms with Crippen molar-refractivity contribution in [3.63, 3.8) is 0 Å². The van der Waals surface area contributed by atoms with Crippen molar-refractivity contribution in [1.82, 2.24) is 4.90 Å². The highest BCUT2D eigenvalue weighted by molar-refractivity contribution is 4.87. The van der Waals surface area contributed by atoms with E-state index in [1.165, 1.54) is 33.2 Å². The number of piperidine rings is 1. The maximum absolute atomic E-state index is 8.08. The molecule has 5 heteroatoms. The zero-order valence-electron chi connectivity index (χ0n) is 14.1. The van der Waals surface area contributed by atoms with Gasteiger partial charge in [-0.2, -0.15) is 0 Å². The van der Waals surface area contributed by atoms with Gasteiger partial charge in [0.25, 0.3) is 0 Å². The fourth-order valence-electron chi connectivity index (χ4n) is 2.71. The first-order valence-electron chi connectivity index (χ1n) is 8.18. The van der Waals surface area contributed by atoms with Crippen LogP contribution in [0, 0.1) is 5.92 Å². The molecule has 0 aliphatic carbocycles. The van der Waals surface area contributed by atoms with Gasteiger partial charge in [-0.1, -0.05) is 6.92 Å². The molecule has 0 amide bonds. The van der Waals surface area contributed by atoms with Crippen LogP contribution in [0.5, 0.6) is 0 Å². The van der Waals surface area contributed by atoms with Crippen LogP contribution in [0.15, 0.2) is 0 Å². The van der Waals surface area contributed by atoms with Crippen LogP contribution in [0.2, 0.25) is 0 Å². The summed E-state index contributed by atoms with van der Waals surface area (Å²) in [6.45, 7) is 11.6. The minimum atomic E-state index is -1.50. The topological polar surface area (TPSA) is 79.0 Å². The van der Waals surface area contributed by atoms with Crippen LogP contribution < -0.4 is 5.73 Å². The van der Waals surface area contributed by atoms with Gasteiger partial charge in [-0.25, -0.2) is 0 Å². The Morgan fingerprint density at radius 2 is 1.81 bits per heavy atom. The molecule has 0 aromatic rings. The Morgan fingerprint density at radius 3 is 2.14 bits per heavy atom. The van der Waals surface area contributed by atoms with Gasteiger partial charge in [0.15, 0.2) is 5.79 Å². The van der Waals surface area contributed by atoms with Gasteiger partial charge in [0.2, 0.25) is 0 Å². The highest BCUT2D eigenvalue weighted by Crippen LogP contribution is 2.26. The van der Waals surface area contributed by atoms with E-state index in [-0.39, 0.29) is 5.54 Å². The molecule has 2 aliphatic rings. The van der Waals surface area contributed by atoms with Crippen LogP contribution in [0.25, 0.3) is 0 Å². The van der Waals surface area contributed by atoms with E-state index < -0.39 is 5.79 Å². The summed E-state index contributed by atoms with van der Waals surface area (Å²) < 4.78 is 5.61. The van der Waals surface area contributed by atoms with Gasteiger partial charge < -0.3 is 25.6 Å². The van der Waals surface area contributed by atoms with Crippen LogP contribution >= 0.6 is 0 Å². The third kappa shape index (κ3) is 8.12. The summed E-state index contributed by atoms with van der Waals surface area (Å²) in [6.07, 6.45) is 5.31. The van der Waals surface area contributed by atoms with Crippen molar-refractivity contribution in [1.29, 1.82) is 0 Å². The Labute approximate surface area is 129 Å². The Morgan fingerprint density at radius 1 is 1.33 bits per heavy atom. The summed E-state index contributed by atoms with van der Waals surface area (Å²) in [5.74, 6) is -0.768. The number of rotatable bonds is 4. The fourth-order valence-corrected chi connectivity index (χ4v) is 2.71. The van der Waals surface area contributed by atoms with Crippen molar-refractivity contribution in [3.05, 3.63) is 0 Å². The van der Waals surface area contributed by atoms with Crippen molar-refractivity contribution < 1.29 is 14.9 Å². The van der Waals surface area contributed by atoms with Crippen LogP contribution in [0.4, 0.5) is 0 Å². The Bertz CT molecular complexity index is 282. The Hall–Kier alpha value is -0.200. The average molecular weight is 302 g/mol. The molecular formula is C16H34N2O3. The molecule has 126 valence electrons. The molecule has 2 saturated heterocycles. The van der Waals surface area contributed by atoms with Gasteiger partial charge in [0.05, 0.1) is 6.10 Å². The molecule has 0 aromatic carbocycles. The van der Waals surface area contributed by atoms with E-state index in [2.05, 4.69) is 18.7 Å². The second-order valence-electron chi connectivity index (χ2n) is 7.32. The van der Waals surface area contributed by atoms with Crippen molar-refractivity contribution in [2.45, 2.75) is 70.8 Å². The zero-order chi connectivity index (χ0) is 16.1. The molecule has 0 aromatic heterocycles. The number of nitrogens with zero attached hydrogens (tertiary/aromatic N) is 1. The summed E-state index contributed by atoms with van der Waals surface area (Å²) in [5, 5.41) is 16.2. The molecule has 0 radical (unpaired) electrons. The number of hydrogen-bond donors (Lipinski definition) is 3. The molecular weight excluding hydrogens is 268 g/mol. The second-order valence-corrected chi connectivity index (χ2v) is 7.32. The summed E-state index contributed by atoms with van der Waals surface area (Å²) in [6, 6.07) is 0. The molecule has 4 N–H and O–H groups in total. The van der Waals surface area contributed by atoms with Gasteiger partial charge in [-0.15, -0.1) is 0 Å². The summed E-state index contributed by atoms with van der Waals surface area (Å²) in [5.41, 5.74) is 6.22. The maximum Gasteiger partial charge on any atom is 0.156 e. The summed E-state index contributed by atoms with van der Waals surface area (Å²) in [7, 11) is 0. The maximum atomic E-state index is 8.08. The average Bonchev–Trinajstić information content (AvgIpc) is 2.26. The van der Waals surface area contributed by atoms with Crippen molar-refractivity contribution in [2.24, 2.45) is 11.7 Å². The van der Waals surface area contributed by atoms with E-state index in [1.807, 2.05) is 0 Å². The smallest absolute Gasteiger partial charge is 0.156 e. The number of likely N-dealkylation sites (tertiary alicyclic amines) is 1. The molecule has 2 heterocycles. The third-order valence-electron chi connectivity index (χ3n) is 4.28. The van der Waals surface area contributed by atoms with E-state index in [9.17, 15) is 0 Å². The predicted molar refractivity (Wildman–Crippen MR) is 84.9 cm³/mol. The van der Waals surface area contributed by atoms with Crippen LogP contribution in [0.3, 0.4) is 0 Å². The first-order chi connectivity index (χ1) is 9.61. The lowest BCUT2D eigenvalue weighted by Gasteiger charge is -2.41. The molecule has 2 aliphatic heterocycles. The lowest BCUT2D eigenvalue weighted by Crippen LogP contribution is -2.50. The number of aliphatic hydroxyl groups is 2. The van der Waals surface area contributed by atoms with Crippen molar-refractivity contribution in [2.75, 3.05) is 26.2 Å². The van der Waals surface area contributed by atoms with E-state index >= 15 is 0 Å². The third-order valence-corrected chi connectivity index (χ3v) is 4.28. The lowest BCUT2D eigenvalue weighted by atomic mass is 9.88. The minimum absolute atomic E-state index is 0.0746. The van der Waals surface area contributed by atoms with Crippen LogP contribution in [-0.4, -0.2) is 58.8 Å². The SMILES string of the molecule is CC(C)(O)O.CCC(CN1CCC(C)(N)CC1)C1CCO1. The summed E-state index contributed by atoms with van der Waals surface area (Å²) >= 11 is 0. The fraction of sp³-hybridized carbons (Fsp3) is 1.00. The van der Waals surface area contributed by atoms with Gasteiger partial charge in [0, 0.05) is 18.7 Å². The largest absolute Gasteiger partial charge is 0.378 e. The van der Waals surface area contributed by atoms with Gasteiger partial charge in [-0.05, 0) is 65.5 Å². The molecule has 0 saturated carbocycles. The standard InChI is InChI=1S/C13H26N2O.C3H8O2/c1-3-11(12-4-9-16-12)10-15-7-5-13(2,14)6-8-15;1-3(2,4)5/h11-12H,3-10,14H2,1-2H3;4-5H,1-2H3. The van der Waals surface area contributed by atoms with Crippen LogP contribution in [-0.2, 0) is 4.74 Å². The normalized spacial score (nSPS) is 27.3. The van der Waals surface area contributed by atoms with Gasteiger partial charge >= 0.3 is 0 Å². The second kappa shape index (κ2) is 7.88. The molecule has 0 spiro atoms. The van der Waals surface area contributed by atoms with E-state index in [4.69, 9.17) is 20.7 Å². The zero-order valence-corrected chi connectivity index (χ0v) is 14.1. The predicted octanol–water partition coefficient (Wildman–Crippen LogP) is 1.32. The van der Waals surface area contributed by atoms with E-state index in [0.29, 0.717) is 6.10 Å². The van der Waals surface area contributed by atoms with Gasteiger partial charge in [0.1, 0.15) is 0 Å². The van der Waals surface area contributed by atoms with Crippen LogP contribution in [0.1, 0.15) is 53.4 Å². The lowest BCUT2D eigenvalue weighted by molar-refractivity contribution is -0.127. The van der Waals surface area contributed by atoms with Crippen molar-refractivity contribution >= 4 is 0 Å². The molecule has 2 atom stereocenters. The first kappa shape index (κ1) is 18.8. The molecule has 2 fully saturated rings. The molecule has 0 bridgehead atoms. The van der Waals surface area contributed by atoms with E-state index in [1.54, 1.807) is 0 Å². The highest BCUT2D eigenvalue weighted by atomic mass is 16.5. The minimum Gasteiger partial charge on any atom is -0.378 e. The Balaban J connectivity index is 0.000000383. The Kier molecular flexibility index (Phi) is 7.07. The molecule has 2 unspecified atom stereocenters. The first-order valence-corrected chi connectivity index (χ1v) is 8.18. The van der Waals surface area contributed by atoms with Crippen molar-refractivity contribution in [3.8, 4) is 0 Å². The molecule has 2 rings (SSSR count). The van der Waals surface area contributed by atoms with Gasteiger partial charge in [-0.3, -0.25) is 0 Å². The number of nitrogens with two attached hydrogens (primary N) is 1.